The third-order valence-electron chi connectivity index (χ3n) is 5.38. The molecule has 2 N–H and O–H groups in total. The summed E-state index contributed by atoms with van der Waals surface area (Å²) in [5, 5.41) is 0. The average molecular weight is 376 g/mol. The summed E-state index contributed by atoms with van der Waals surface area (Å²) in [5.41, 5.74) is 6.28. The smallest absolute Gasteiger partial charge is 0.241 e. The van der Waals surface area contributed by atoms with Crippen LogP contribution in [0.3, 0.4) is 0 Å². The van der Waals surface area contributed by atoms with Gasteiger partial charge in [-0.3, -0.25) is 9.59 Å². The fourth-order valence-electron chi connectivity index (χ4n) is 3.44. The maximum atomic E-state index is 12.7. The zero-order valence-corrected chi connectivity index (χ0v) is 16.3. The molecule has 0 saturated carbocycles. The molecule has 3 rings (SSSR count). The van der Waals surface area contributed by atoms with Gasteiger partial charge in [-0.25, -0.2) is 4.98 Å². The van der Waals surface area contributed by atoms with Crippen LogP contribution < -0.4 is 10.6 Å². The second-order valence-corrected chi connectivity index (χ2v) is 7.54. The summed E-state index contributed by atoms with van der Waals surface area (Å²) in [4.78, 5) is 38.6. The molecule has 2 amide bonds. The number of nitrogen functional groups attached to an aromatic ring is 1. The summed E-state index contributed by atoms with van der Waals surface area (Å²) in [7, 11) is 3.39. The predicted molar refractivity (Wildman–Crippen MR) is 101 cm³/mol. The van der Waals surface area contributed by atoms with Gasteiger partial charge >= 0.3 is 0 Å². The van der Waals surface area contributed by atoms with Gasteiger partial charge < -0.3 is 25.2 Å². The molecule has 0 aliphatic carbocycles. The molecule has 148 valence electrons. The van der Waals surface area contributed by atoms with E-state index in [1.165, 1.54) is 4.90 Å². The highest BCUT2D eigenvalue weighted by Gasteiger charge is 2.41. The minimum absolute atomic E-state index is 0.0213. The fraction of sp³-hybridized carbons (Fsp3) is 0.667. The lowest BCUT2D eigenvalue weighted by molar-refractivity contribution is -0.140. The highest BCUT2D eigenvalue weighted by molar-refractivity contribution is 5.85. The zero-order valence-electron chi connectivity index (χ0n) is 16.3. The topological polar surface area (TPSA) is 105 Å². The van der Waals surface area contributed by atoms with Gasteiger partial charge in [0.15, 0.2) is 0 Å². The Kier molecular flexibility index (Phi) is 5.50. The number of nitrogens with two attached hydrogens (primary N) is 1. The van der Waals surface area contributed by atoms with Gasteiger partial charge in [0, 0.05) is 45.5 Å². The van der Waals surface area contributed by atoms with E-state index in [1.54, 1.807) is 25.2 Å². The van der Waals surface area contributed by atoms with Crippen LogP contribution in [0.2, 0.25) is 0 Å². The predicted octanol–water partition coefficient (Wildman–Crippen LogP) is 0.0433. The van der Waals surface area contributed by atoms with Crippen LogP contribution in [0.4, 0.5) is 11.8 Å². The number of rotatable bonds is 3. The van der Waals surface area contributed by atoms with Gasteiger partial charge in [0.25, 0.3) is 0 Å². The Hall–Kier alpha value is -2.42. The molecular formula is C18H28N6O3. The molecule has 0 atom stereocenters. The van der Waals surface area contributed by atoms with Crippen LogP contribution in [0.5, 0.6) is 0 Å². The molecule has 9 nitrogen and oxygen atoms in total. The van der Waals surface area contributed by atoms with Crippen molar-refractivity contribution in [2.45, 2.75) is 31.8 Å². The van der Waals surface area contributed by atoms with Crippen LogP contribution in [0.1, 0.15) is 24.8 Å². The van der Waals surface area contributed by atoms with Gasteiger partial charge in [0.1, 0.15) is 5.82 Å². The van der Waals surface area contributed by atoms with Crippen LogP contribution in [-0.4, -0.2) is 84.1 Å². The number of carbonyl (C=O) groups excluding carboxylic acids is 2. The molecule has 1 aromatic heterocycles. The number of nitrogens with zero attached hydrogens (tertiary/aromatic N) is 5. The SMILES string of the molecule is Cc1cnc(N2CCC3(CC2)CC(=O)N(CC(=O)N(C)C)CCO3)nc1N. The molecule has 0 bridgehead atoms. The maximum absolute atomic E-state index is 12.7. The molecule has 2 aliphatic heterocycles. The van der Waals surface area contributed by atoms with Gasteiger partial charge in [0.05, 0.1) is 25.2 Å². The number of piperidine rings is 1. The lowest BCUT2D eigenvalue weighted by Crippen LogP contribution is -2.48. The largest absolute Gasteiger partial charge is 0.383 e. The second-order valence-electron chi connectivity index (χ2n) is 7.54. The van der Waals surface area contributed by atoms with Gasteiger partial charge in [-0.2, -0.15) is 4.98 Å². The van der Waals surface area contributed by atoms with E-state index in [2.05, 4.69) is 14.9 Å². The number of amides is 2. The second kappa shape index (κ2) is 7.67. The standard InChI is InChI=1S/C18H28N6O3/c1-13-11-20-17(21-16(13)19)23-6-4-18(5-7-23)10-14(25)24(8-9-27-18)12-15(26)22(2)3/h11H,4-10,12H2,1-3H3,(H2,19,20,21). The fourth-order valence-corrected chi connectivity index (χ4v) is 3.44. The van der Waals surface area contributed by atoms with Crippen molar-refractivity contribution in [2.75, 3.05) is 57.5 Å². The van der Waals surface area contributed by atoms with Crippen LogP contribution in [0, 0.1) is 6.92 Å². The summed E-state index contributed by atoms with van der Waals surface area (Å²) in [6.45, 7) is 4.27. The van der Waals surface area contributed by atoms with Crippen LogP contribution in [0.15, 0.2) is 6.20 Å². The molecule has 2 saturated heterocycles. The summed E-state index contributed by atoms with van der Waals surface area (Å²) in [6.07, 6.45) is 3.46. The Labute approximate surface area is 159 Å². The molecule has 9 heteroatoms. The van der Waals surface area contributed by atoms with Crippen molar-refractivity contribution in [3.05, 3.63) is 11.8 Å². The van der Waals surface area contributed by atoms with Gasteiger partial charge in [-0.05, 0) is 19.8 Å². The van der Waals surface area contributed by atoms with Crippen molar-refractivity contribution in [3.8, 4) is 0 Å². The Morgan fingerprint density at radius 1 is 1.33 bits per heavy atom. The van der Waals surface area contributed by atoms with E-state index in [4.69, 9.17) is 10.5 Å². The number of likely N-dealkylation sites (N-methyl/N-ethyl adjacent to an activating group) is 1. The number of ether oxygens (including phenoxy) is 1. The van der Waals surface area contributed by atoms with Crippen molar-refractivity contribution < 1.29 is 14.3 Å². The molecule has 1 aromatic rings. The monoisotopic (exact) mass is 376 g/mol. The van der Waals surface area contributed by atoms with Crippen molar-refractivity contribution in [3.63, 3.8) is 0 Å². The van der Waals surface area contributed by atoms with Crippen LogP contribution >= 0.6 is 0 Å². The summed E-state index contributed by atoms with van der Waals surface area (Å²) < 4.78 is 6.12. The van der Waals surface area contributed by atoms with E-state index in [1.807, 2.05) is 6.92 Å². The summed E-state index contributed by atoms with van der Waals surface area (Å²) in [6, 6.07) is 0. The number of hydrogen-bond donors (Lipinski definition) is 1. The van der Waals surface area contributed by atoms with Crippen molar-refractivity contribution in [1.82, 2.24) is 19.8 Å². The molecule has 0 radical (unpaired) electrons. The Bertz CT molecular complexity index is 715. The molecule has 1 spiro atoms. The lowest BCUT2D eigenvalue weighted by atomic mass is 9.87. The molecular weight excluding hydrogens is 348 g/mol. The van der Waals surface area contributed by atoms with Crippen molar-refractivity contribution in [2.24, 2.45) is 0 Å². The number of aromatic nitrogens is 2. The van der Waals surface area contributed by atoms with E-state index >= 15 is 0 Å². The highest BCUT2D eigenvalue weighted by atomic mass is 16.5. The summed E-state index contributed by atoms with van der Waals surface area (Å²) in [5.74, 6) is 1.00. The van der Waals surface area contributed by atoms with Crippen LogP contribution in [0.25, 0.3) is 0 Å². The first-order valence-corrected chi connectivity index (χ1v) is 9.26. The first-order chi connectivity index (χ1) is 12.8. The Morgan fingerprint density at radius 3 is 2.67 bits per heavy atom. The van der Waals surface area contributed by atoms with E-state index in [-0.39, 0.29) is 18.4 Å². The average Bonchev–Trinajstić information content (AvgIpc) is 2.77. The molecule has 2 aliphatic rings. The number of carbonyl (C=O) groups is 2. The number of anilines is 2. The quantitative estimate of drug-likeness (QED) is 0.794. The normalized spacial score (nSPS) is 19.9. The highest BCUT2D eigenvalue weighted by Crippen LogP contribution is 2.33. The molecule has 27 heavy (non-hydrogen) atoms. The van der Waals surface area contributed by atoms with E-state index < -0.39 is 5.60 Å². The molecule has 0 aromatic carbocycles. The Balaban J connectivity index is 1.62. The van der Waals surface area contributed by atoms with Gasteiger partial charge in [0.2, 0.25) is 17.8 Å². The van der Waals surface area contributed by atoms with E-state index in [9.17, 15) is 9.59 Å². The first kappa shape index (κ1) is 19.3. The minimum Gasteiger partial charge on any atom is -0.383 e. The molecule has 3 heterocycles. The lowest BCUT2D eigenvalue weighted by Gasteiger charge is -2.40. The third-order valence-corrected chi connectivity index (χ3v) is 5.38. The minimum atomic E-state index is -0.472. The van der Waals surface area contributed by atoms with Gasteiger partial charge in [-0.15, -0.1) is 0 Å². The van der Waals surface area contributed by atoms with Gasteiger partial charge in [-0.1, -0.05) is 0 Å². The summed E-state index contributed by atoms with van der Waals surface area (Å²) >= 11 is 0. The first-order valence-electron chi connectivity index (χ1n) is 9.26. The maximum Gasteiger partial charge on any atom is 0.241 e. The number of aryl methyl sites for hydroxylation is 1. The number of hydrogen-bond acceptors (Lipinski definition) is 7. The van der Waals surface area contributed by atoms with Crippen molar-refractivity contribution in [1.29, 1.82) is 0 Å². The van der Waals surface area contributed by atoms with E-state index in [0.717, 1.165) is 5.56 Å². The van der Waals surface area contributed by atoms with E-state index in [0.29, 0.717) is 57.3 Å². The zero-order chi connectivity index (χ0) is 19.6. The Morgan fingerprint density at radius 2 is 2.04 bits per heavy atom. The molecule has 2 fully saturated rings. The van der Waals surface area contributed by atoms with Crippen molar-refractivity contribution >= 4 is 23.6 Å². The molecule has 0 unspecified atom stereocenters. The third kappa shape index (κ3) is 4.29. The van der Waals surface area contributed by atoms with Crippen LogP contribution in [-0.2, 0) is 14.3 Å².